The van der Waals surface area contributed by atoms with Gasteiger partial charge in [0.15, 0.2) is 5.11 Å². The van der Waals surface area contributed by atoms with Crippen LogP contribution in [0.2, 0.25) is 0 Å². The Hall–Kier alpha value is -4.17. The quantitative estimate of drug-likeness (QED) is 0.291. The van der Waals surface area contributed by atoms with Gasteiger partial charge in [-0.3, -0.25) is 4.98 Å². The Balaban J connectivity index is 1.56. The second kappa shape index (κ2) is 9.60. The van der Waals surface area contributed by atoms with Gasteiger partial charge in [-0.25, -0.2) is 4.79 Å². The van der Waals surface area contributed by atoms with Gasteiger partial charge in [-0.1, -0.05) is 18.2 Å². The number of hydrogen-bond donors (Lipinski definition) is 1. The predicted molar refractivity (Wildman–Crippen MR) is 136 cm³/mol. The maximum absolute atomic E-state index is 12.0. The third-order valence-electron chi connectivity index (χ3n) is 5.94. The minimum Gasteiger partial charge on any atom is -0.497 e. The number of pyridine rings is 1. The Morgan fingerprint density at radius 3 is 2.57 bits per heavy atom. The van der Waals surface area contributed by atoms with Crippen LogP contribution in [-0.4, -0.2) is 30.3 Å². The van der Waals surface area contributed by atoms with Crippen LogP contribution in [-0.2, 0) is 4.74 Å². The van der Waals surface area contributed by atoms with E-state index in [1.165, 1.54) is 7.11 Å². The van der Waals surface area contributed by atoms with Crippen molar-refractivity contribution in [2.45, 2.75) is 12.1 Å². The van der Waals surface area contributed by atoms with Crippen molar-refractivity contribution in [2.75, 3.05) is 19.1 Å². The Bertz CT molecular complexity index is 1350. The van der Waals surface area contributed by atoms with Crippen molar-refractivity contribution in [3.8, 4) is 17.1 Å². The van der Waals surface area contributed by atoms with Crippen molar-refractivity contribution in [3.05, 3.63) is 102 Å². The zero-order valence-corrected chi connectivity index (χ0v) is 20.0. The molecule has 1 fully saturated rings. The fraction of sp³-hybridized carbons (Fsp3) is 0.148. The first-order valence-corrected chi connectivity index (χ1v) is 11.4. The van der Waals surface area contributed by atoms with Gasteiger partial charge >= 0.3 is 5.97 Å². The summed E-state index contributed by atoms with van der Waals surface area (Å²) in [5.74, 6) is 1.71. The van der Waals surface area contributed by atoms with Gasteiger partial charge in [-0.05, 0) is 72.9 Å². The Kier molecular flexibility index (Phi) is 6.20. The largest absolute Gasteiger partial charge is 0.497 e. The highest BCUT2D eigenvalue weighted by atomic mass is 32.1. The van der Waals surface area contributed by atoms with Gasteiger partial charge in [-0.2, -0.15) is 0 Å². The number of nitrogens with zero attached hydrogens (tertiary/aromatic N) is 2. The van der Waals surface area contributed by atoms with Crippen molar-refractivity contribution in [3.63, 3.8) is 0 Å². The highest BCUT2D eigenvalue weighted by Gasteiger charge is 2.42. The number of carbonyl (C=O) groups excluding carboxylic acids is 1. The fourth-order valence-electron chi connectivity index (χ4n) is 4.25. The number of ether oxygens (including phenoxy) is 2. The molecular formula is C27H23N3O4S. The van der Waals surface area contributed by atoms with Crippen LogP contribution in [0.25, 0.3) is 11.3 Å². The van der Waals surface area contributed by atoms with Crippen molar-refractivity contribution in [1.82, 2.24) is 10.3 Å². The van der Waals surface area contributed by atoms with Gasteiger partial charge in [0, 0.05) is 17.4 Å². The van der Waals surface area contributed by atoms with Crippen LogP contribution in [0.3, 0.4) is 0 Å². The number of rotatable bonds is 6. The molecule has 0 amide bonds. The van der Waals surface area contributed by atoms with E-state index in [1.807, 2.05) is 65.6 Å². The zero-order chi connectivity index (χ0) is 24.4. The van der Waals surface area contributed by atoms with E-state index < -0.39 is 5.97 Å². The van der Waals surface area contributed by atoms with E-state index in [9.17, 15) is 4.79 Å². The summed E-state index contributed by atoms with van der Waals surface area (Å²) in [7, 11) is 3.00. The monoisotopic (exact) mass is 485 g/mol. The predicted octanol–water partition coefficient (Wildman–Crippen LogP) is 5.31. The van der Waals surface area contributed by atoms with E-state index in [0.29, 0.717) is 22.2 Å². The van der Waals surface area contributed by atoms with Crippen LogP contribution in [0.4, 0.5) is 5.69 Å². The molecule has 1 aliphatic rings. The molecule has 4 aromatic rings. The number of carbonyl (C=O) groups is 1. The van der Waals surface area contributed by atoms with Crippen LogP contribution < -0.4 is 15.0 Å². The normalized spacial score (nSPS) is 17.2. The van der Waals surface area contributed by atoms with E-state index in [2.05, 4.69) is 10.3 Å². The lowest BCUT2D eigenvalue weighted by atomic mass is 10.0. The number of nitrogens with one attached hydrogen (secondary N) is 1. The van der Waals surface area contributed by atoms with Crippen LogP contribution in [0, 0.1) is 0 Å². The fourth-order valence-corrected chi connectivity index (χ4v) is 4.59. The van der Waals surface area contributed by atoms with Crippen molar-refractivity contribution < 1.29 is 18.7 Å². The molecule has 1 aliphatic heterocycles. The highest BCUT2D eigenvalue weighted by molar-refractivity contribution is 7.80. The average molecular weight is 486 g/mol. The van der Waals surface area contributed by atoms with Crippen LogP contribution in [0.15, 0.2) is 89.5 Å². The third-order valence-corrected chi connectivity index (χ3v) is 6.25. The number of thiocarbonyl (C=S) groups is 1. The van der Waals surface area contributed by atoms with Gasteiger partial charge in [0.1, 0.15) is 23.3 Å². The Labute approximate surface area is 208 Å². The Morgan fingerprint density at radius 2 is 1.86 bits per heavy atom. The summed E-state index contributed by atoms with van der Waals surface area (Å²) in [4.78, 5) is 18.6. The smallest absolute Gasteiger partial charge is 0.337 e. The van der Waals surface area contributed by atoms with Crippen molar-refractivity contribution in [2.24, 2.45) is 0 Å². The maximum Gasteiger partial charge on any atom is 0.337 e. The van der Waals surface area contributed by atoms with Crippen LogP contribution >= 0.6 is 12.2 Å². The van der Waals surface area contributed by atoms with Crippen LogP contribution in [0.5, 0.6) is 5.75 Å². The molecule has 0 radical (unpaired) electrons. The molecule has 7 nitrogen and oxygen atoms in total. The topological polar surface area (TPSA) is 76.8 Å². The lowest BCUT2D eigenvalue weighted by Gasteiger charge is -2.26. The molecule has 1 saturated heterocycles. The summed E-state index contributed by atoms with van der Waals surface area (Å²) >= 11 is 5.76. The van der Waals surface area contributed by atoms with Gasteiger partial charge in [0.25, 0.3) is 0 Å². The van der Waals surface area contributed by atoms with E-state index in [1.54, 1.807) is 31.5 Å². The summed E-state index contributed by atoms with van der Waals surface area (Å²) in [6.07, 6.45) is 1.76. The second-order valence-electron chi connectivity index (χ2n) is 7.97. The number of aromatic nitrogens is 1. The first kappa shape index (κ1) is 22.6. The summed E-state index contributed by atoms with van der Waals surface area (Å²) in [5, 5.41) is 3.99. The average Bonchev–Trinajstić information content (AvgIpc) is 3.53. The maximum atomic E-state index is 12.0. The molecule has 2 unspecified atom stereocenters. The third kappa shape index (κ3) is 4.36. The zero-order valence-electron chi connectivity index (χ0n) is 19.2. The number of furan rings is 1. The number of esters is 1. The summed E-state index contributed by atoms with van der Waals surface area (Å²) < 4.78 is 16.5. The minimum atomic E-state index is -0.398. The van der Waals surface area contributed by atoms with Crippen molar-refractivity contribution in [1.29, 1.82) is 0 Å². The van der Waals surface area contributed by atoms with E-state index in [-0.39, 0.29) is 12.1 Å². The van der Waals surface area contributed by atoms with E-state index >= 15 is 0 Å². The summed E-state index contributed by atoms with van der Waals surface area (Å²) in [6.45, 7) is 0. The molecule has 1 N–H and O–H groups in total. The number of methoxy groups -OCH3 is 2. The van der Waals surface area contributed by atoms with Crippen molar-refractivity contribution >= 4 is 29.0 Å². The minimum absolute atomic E-state index is 0.230. The first-order chi connectivity index (χ1) is 17.1. The highest BCUT2D eigenvalue weighted by Crippen LogP contribution is 2.43. The summed E-state index contributed by atoms with van der Waals surface area (Å²) in [5.41, 5.74) is 2.98. The van der Waals surface area contributed by atoms with Gasteiger partial charge in [0.05, 0.1) is 31.5 Å². The second-order valence-corrected chi connectivity index (χ2v) is 8.36. The van der Waals surface area contributed by atoms with Gasteiger partial charge in [-0.15, -0.1) is 0 Å². The number of hydrogen-bond acceptors (Lipinski definition) is 6. The lowest BCUT2D eigenvalue weighted by molar-refractivity contribution is 0.0601. The molecule has 5 rings (SSSR count). The molecule has 8 heteroatoms. The molecular weight excluding hydrogens is 462 g/mol. The first-order valence-electron chi connectivity index (χ1n) is 11.0. The number of anilines is 1. The molecule has 2 atom stereocenters. The van der Waals surface area contributed by atoms with E-state index in [0.717, 1.165) is 22.7 Å². The van der Waals surface area contributed by atoms with E-state index in [4.69, 9.17) is 26.1 Å². The molecule has 35 heavy (non-hydrogen) atoms. The molecule has 176 valence electrons. The molecule has 2 aromatic heterocycles. The lowest BCUT2D eigenvalue weighted by Crippen LogP contribution is -2.29. The number of benzene rings is 2. The molecule has 0 spiro atoms. The molecule has 0 aliphatic carbocycles. The summed E-state index contributed by atoms with van der Waals surface area (Å²) in [6, 6.07) is 24.0. The molecule has 0 saturated carbocycles. The molecule has 3 heterocycles. The van der Waals surface area contributed by atoms with Crippen LogP contribution in [0.1, 0.15) is 33.9 Å². The SMILES string of the molecule is COC(=O)c1cccc(-c2ccc(C3C(c4ccccn4)NC(=S)N3c3ccc(OC)cc3)o2)c1. The molecule has 0 bridgehead atoms. The van der Waals surface area contributed by atoms with Gasteiger partial charge in [0.2, 0.25) is 0 Å². The molecule has 2 aromatic carbocycles. The van der Waals surface area contributed by atoms with Gasteiger partial charge < -0.3 is 24.1 Å². The standard InChI is InChI=1S/C27H23N3O4S/c1-32-20-11-9-19(10-12-20)30-25(24(29-27(30)35)21-8-3-4-15-28-21)23-14-13-22(34-23)17-6-5-7-18(16-17)26(31)33-2/h3-16,24-25H,1-2H3,(H,29,35). The Morgan fingerprint density at radius 1 is 1.03 bits per heavy atom.